The van der Waals surface area contributed by atoms with Crippen LogP contribution in [0, 0.1) is 0 Å². The van der Waals surface area contributed by atoms with Crippen LogP contribution in [0.2, 0.25) is 0 Å². The normalized spacial score (nSPS) is 14.1. The smallest absolute Gasteiger partial charge is 0.382 e. The van der Waals surface area contributed by atoms with E-state index < -0.39 is 18.8 Å². The highest BCUT2D eigenvalue weighted by Crippen LogP contribution is 2.18. The first-order chi connectivity index (χ1) is 3.98. The van der Waals surface area contributed by atoms with Gasteiger partial charge in [0.1, 0.15) is 0 Å². The van der Waals surface area contributed by atoms with E-state index in [0.717, 1.165) is 0 Å². The molecule has 1 atom stereocenters. The third-order valence-corrected chi connectivity index (χ3v) is 0.689. The molecule has 0 spiro atoms. The average Bonchev–Trinajstić information content (AvgIpc) is 1.64. The first-order valence-corrected chi connectivity index (χ1v) is 2.16. The lowest BCUT2D eigenvalue weighted by Crippen LogP contribution is -2.40. The van der Waals surface area contributed by atoms with Crippen LogP contribution in [0.15, 0.2) is 0 Å². The molecule has 0 radical (unpaired) electrons. The van der Waals surface area contributed by atoms with Crippen LogP contribution < -0.4 is 11.3 Å². The van der Waals surface area contributed by atoms with Crippen molar-refractivity contribution in [2.24, 2.45) is 5.84 Å². The Morgan fingerprint density at radius 1 is 1.50 bits per heavy atom. The van der Waals surface area contributed by atoms with Crippen LogP contribution >= 0.6 is 12.4 Å². The van der Waals surface area contributed by atoms with E-state index >= 15 is 0 Å². The Bertz CT molecular complexity index is 88.3. The zero-order valence-electron chi connectivity index (χ0n) is 4.85. The molecule has 0 amide bonds. The molecule has 0 aromatic rings. The lowest BCUT2D eigenvalue weighted by Gasteiger charge is -2.12. The Morgan fingerprint density at radius 2 is 1.90 bits per heavy atom. The molecule has 0 fully saturated rings. The number of aliphatic hydroxyl groups excluding tert-OH is 1. The van der Waals surface area contributed by atoms with Crippen molar-refractivity contribution in [2.75, 3.05) is 6.54 Å². The molecule has 10 heavy (non-hydrogen) atoms. The molecule has 0 saturated carbocycles. The van der Waals surface area contributed by atoms with Gasteiger partial charge in [-0.15, -0.1) is 12.4 Å². The fraction of sp³-hybridized carbons (Fsp3) is 1.00. The predicted molar refractivity (Wildman–Crippen MR) is 31.5 cm³/mol. The van der Waals surface area contributed by atoms with Crippen LogP contribution in [-0.2, 0) is 0 Å². The van der Waals surface area contributed by atoms with Crippen LogP contribution in [0.3, 0.4) is 0 Å². The number of hydrogen-bond acceptors (Lipinski definition) is 3. The van der Waals surface area contributed by atoms with E-state index in [1.165, 1.54) is 0 Å². The van der Waals surface area contributed by atoms with E-state index in [1.54, 1.807) is 5.43 Å². The quantitative estimate of drug-likeness (QED) is 0.407. The van der Waals surface area contributed by atoms with E-state index in [0.29, 0.717) is 0 Å². The summed E-state index contributed by atoms with van der Waals surface area (Å²) in [7, 11) is 0. The third-order valence-electron chi connectivity index (χ3n) is 0.689. The Labute approximate surface area is 61.8 Å². The molecule has 0 bridgehead atoms. The number of hydrogen-bond donors (Lipinski definition) is 3. The van der Waals surface area contributed by atoms with Gasteiger partial charge in [0.2, 0.25) is 0 Å². The zero-order chi connectivity index (χ0) is 7.49. The summed E-state index contributed by atoms with van der Waals surface area (Å²) in [6.07, 6.45) is -6.95. The molecule has 0 aromatic heterocycles. The van der Waals surface area contributed by atoms with Crippen LogP contribution in [-0.4, -0.2) is 23.9 Å². The highest BCUT2D eigenvalue weighted by molar-refractivity contribution is 5.85. The highest BCUT2D eigenvalue weighted by atomic mass is 35.5. The van der Waals surface area contributed by atoms with Crippen molar-refractivity contribution in [1.82, 2.24) is 5.43 Å². The maximum Gasteiger partial charge on any atom is 0.415 e. The molecule has 0 aliphatic rings. The zero-order valence-corrected chi connectivity index (χ0v) is 5.67. The number of halogens is 4. The minimum absolute atomic E-state index is 0. The average molecular weight is 181 g/mol. The molecule has 4 N–H and O–H groups in total. The molecule has 0 aliphatic carbocycles. The second-order valence-electron chi connectivity index (χ2n) is 1.47. The number of rotatable bonds is 2. The summed E-state index contributed by atoms with van der Waals surface area (Å²) in [4.78, 5) is 0. The van der Waals surface area contributed by atoms with E-state index in [9.17, 15) is 13.2 Å². The molecule has 0 saturated heterocycles. The number of nitrogens with one attached hydrogen (secondary N) is 1. The Balaban J connectivity index is 0. The molecule has 3 nitrogen and oxygen atoms in total. The summed E-state index contributed by atoms with van der Waals surface area (Å²) in [6, 6.07) is 0. The maximum atomic E-state index is 11.3. The molecule has 1 unspecified atom stereocenters. The van der Waals surface area contributed by atoms with Crippen LogP contribution in [0.1, 0.15) is 0 Å². The standard InChI is InChI=1S/C3H7F3N2O.ClH/c4-3(5,6)2(9)1-8-7;/h2,8-9H,1,7H2;1H. The van der Waals surface area contributed by atoms with Crippen LogP contribution in [0.25, 0.3) is 0 Å². The summed E-state index contributed by atoms with van der Waals surface area (Å²) in [6.45, 7) is -0.677. The lowest BCUT2D eigenvalue weighted by molar-refractivity contribution is -0.201. The summed E-state index contributed by atoms with van der Waals surface area (Å²) in [5.74, 6) is 4.52. The van der Waals surface area contributed by atoms with Crippen molar-refractivity contribution >= 4 is 12.4 Å². The van der Waals surface area contributed by atoms with Crippen molar-refractivity contribution in [1.29, 1.82) is 0 Å². The monoisotopic (exact) mass is 180 g/mol. The third kappa shape index (κ3) is 4.80. The molecule has 0 rings (SSSR count). The van der Waals surface area contributed by atoms with Gasteiger partial charge in [-0.2, -0.15) is 13.2 Å². The first kappa shape index (κ1) is 12.6. The van der Waals surface area contributed by atoms with Gasteiger partial charge in [0.05, 0.1) is 0 Å². The van der Waals surface area contributed by atoms with Gasteiger partial charge in [0.15, 0.2) is 6.10 Å². The van der Waals surface area contributed by atoms with Gasteiger partial charge in [-0.05, 0) is 0 Å². The first-order valence-electron chi connectivity index (χ1n) is 2.16. The molecule has 0 aromatic carbocycles. The number of nitrogens with two attached hydrogens (primary N) is 1. The second kappa shape index (κ2) is 4.73. The Hall–Kier alpha value is -0.0400. The SMILES string of the molecule is Cl.NNCC(O)C(F)(F)F. The second-order valence-corrected chi connectivity index (χ2v) is 1.47. The molecule has 64 valence electrons. The van der Waals surface area contributed by atoms with Gasteiger partial charge >= 0.3 is 6.18 Å². The van der Waals surface area contributed by atoms with Crippen molar-refractivity contribution in [3.63, 3.8) is 0 Å². The molecular weight excluding hydrogens is 172 g/mol. The summed E-state index contributed by atoms with van der Waals surface area (Å²) in [5.41, 5.74) is 1.70. The van der Waals surface area contributed by atoms with Gasteiger partial charge in [0, 0.05) is 6.54 Å². The van der Waals surface area contributed by atoms with Gasteiger partial charge in [-0.25, -0.2) is 0 Å². The number of alkyl halides is 3. The van der Waals surface area contributed by atoms with Crippen molar-refractivity contribution in [3.8, 4) is 0 Å². The largest absolute Gasteiger partial charge is 0.415 e. The number of aliphatic hydroxyl groups is 1. The summed E-state index contributed by atoms with van der Waals surface area (Å²) >= 11 is 0. The summed E-state index contributed by atoms with van der Waals surface area (Å²) in [5, 5.41) is 8.12. The van der Waals surface area contributed by atoms with Crippen LogP contribution in [0.5, 0.6) is 0 Å². The van der Waals surface area contributed by atoms with E-state index in [-0.39, 0.29) is 12.4 Å². The molecule has 0 aliphatic heterocycles. The minimum Gasteiger partial charge on any atom is -0.382 e. The van der Waals surface area contributed by atoms with Gasteiger partial charge in [0.25, 0.3) is 0 Å². The Kier molecular flexibility index (Phi) is 5.96. The predicted octanol–water partition coefficient (Wildman–Crippen LogP) is -0.205. The van der Waals surface area contributed by atoms with Gasteiger partial charge in [-0.1, -0.05) is 0 Å². The van der Waals surface area contributed by atoms with Crippen molar-refractivity contribution < 1.29 is 18.3 Å². The lowest BCUT2D eigenvalue weighted by atomic mass is 10.3. The van der Waals surface area contributed by atoms with E-state index in [2.05, 4.69) is 5.84 Å². The summed E-state index contributed by atoms with van der Waals surface area (Å²) < 4.78 is 33.9. The fourth-order valence-electron chi connectivity index (χ4n) is 0.227. The van der Waals surface area contributed by atoms with E-state index in [1.807, 2.05) is 0 Å². The molecular formula is C3H8ClF3N2O. The topological polar surface area (TPSA) is 58.3 Å². The Morgan fingerprint density at radius 3 is 2.00 bits per heavy atom. The van der Waals surface area contributed by atoms with E-state index in [4.69, 9.17) is 5.11 Å². The molecule has 7 heteroatoms. The van der Waals surface area contributed by atoms with Gasteiger partial charge < -0.3 is 5.11 Å². The molecule has 0 heterocycles. The van der Waals surface area contributed by atoms with Gasteiger partial charge in [-0.3, -0.25) is 11.3 Å². The van der Waals surface area contributed by atoms with Crippen molar-refractivity contribution in [2.45, 2.75) is 12.3 Å². The minimum atomic E-state index is -4.58. The fourth-order valence-corrected chi connectivity index (χ4v) is 0.227. The number of hydrazine groups is 1. The van der Waals surface area contributed by atoms with Crippen molar-refractivity contribution in [3.05, 3.63) is 0 Å². The van der Waals surface area contributed by atoms with Crippen LogP contribution in [0.4, 0.5) is 13.2 Å². The maximum absolute atomic E-state index is 11.3. The highest BCUT2D eigenvalue weighted by Gasteiger charge is 2.37.